The maximum atomic E-state index is 13.3. The first kappa shape index (κ1) is 22.7. The van der Waals surface area contributed by atoms with Crippen LogP contribution in [0, 0.1) is 19.8 Å². The van der Waals surface area contributed by atoms with E-state index in [9.17, 15) is 9.59 Å². The number of carbonyl (C=O) groups is 2. The molecule has 0 saturated carbocycles. The summed E-state index contributed by atoms with van der Waals surface area (Å²) in [6.45, 7) is 10.7. The van der Waals surface area contributed by atoms with Crippen LogP contribution < -0.4 is 19.7 Å². The van der Waals surface area contributed by atoms with Gasteiger partial charge in [0.25, 0.3) is 5.91 Å². The number of hydrogen-bond donors (Lipinski definition) is 1. The van der Waals surface area contributed by atoms with E-state index < -0.39 is 6.04 Å². The zero-order valence-corrected chi connectivity index (χ0v) is 19.2. The topological polar surface area (TPSA) is 67.9 Å². The van der Waals surface area contributed by atoms with Crippen molar-refractivity contribution in [2.24, 2.45) is 5.92 Å². The Morgan fingerprint density at radius 1 is 1.13 bits per heavy atom. The second kappa shape index (κ2) is 9.41. The molecule has 1 heterocycles. The highest BCUT2D eigenvalue weighted by molar-refractivity contribution is 6.07. The lowest BCUT2D eigenvalue weighted by atomic mass is 9.99. The summed E-state index contributed by atoms with van der Waals surface area (Å²) < 4.78 is 11.4. The zero-order valence-electron chi connectivity index (χ0n) is 19.2. The lowest BCUT2D eigenvalue weighted by Gasteiger charge is -2.21. The van der Waals surface area contributed by atoms with Crippen molar-refractivity contribution >= 4 is 17.5 Å². The summed E-state index contributed by atoms with van der Waals surface area (Å²) in [5.41, 5.74) is 4.67. The van der Waals surface area contributed by atoms with Crippen molar-refractivity contribution in [1.82, 2.24) is 5.32 Å². The Balaban J connectivity index is 1.89. The van der Waals surface area contributed by atoms with Gasteiger partial charge in [-0.15, -0.1) is 0 Å². The first-order chi connectivity index (χ1) is 14.7. The molecular formula is C25H32N2O4. The summed E-state index contributed by atoms with van der Waals surface area (Å²) in [5.74, 6) is 1.56. The fourth-order valence-corrected chi connectivity index (χ4v) is 3.94. The Bertz CT molecular complexity index is 984. The maximum absolute atomic E-state index is 13.3. The van der Waals surface area contributed by atoms with Crippen molar-refractivity contribution in [2.45, 2.75) is 53.6 Å². The van der Waals surface area contributed by atoms with Crippen molar-refractivity contribution in [1.29, 1.82) is 0 Å². The summed E-state index contributed by atoms with van der Waals surface area (Å²) in [6.07, 6.45) is 0.965. The Kier molecular flexibility index (Phi) is 6.88. The quantitative estimate of drug-likeness (QED) is 0.679. The van der Waals surface area contributed by atoms with E-state index in [1.54, 1.807) is 12.0 Å². The van der Waals surface area contributed by atoms with Gasteiger partial charge in [-0.2, -0.15) is 0 Å². The van der Waals surface area contributed by atoms with Crippen molar-refractivity contribution in [3.05, 3.63) is 52.6 Å². The molecule has 1 N–H and O–H groups in total. The third-order valence-electron chi connectivity index (χ3n) is 5.58. The molecule has 0 spiro atoms. The Labute approximate surface area is 184 Å². The molecule has 31 heavy (non-hydrogen) atoms. The molecule has 3 rings (SSSR count). The molecule has 2 amide bonds. The molecule has 1 aliphatic rings. The Hall–Kier alpha value is -3.02. The van der Waals surface area contributed by atoms with Crippen LogP contribution in [-0.4, -0.2) is 25.5 Å². The molecule has 0 unspecified atom stereocenters. The van der Waals surface area contributed by atoms with Crippen molar-refractivity contribution in [3.63, 3.8) is 0 Å². The number of anilines is 1. The third kappa shape index (κ3) is 4.84. The average molecular weight is 425 g/mol. The van der Waals surface area contributed by atoms with E-state index in [-0.39, 0.29) is 11.8 Å². The molecule has 1 atom stereocenters. The van der Waals surface area contributed by atoms with E-state index in [1.807, 2.05) is 44.2 Å². The van der Waals surface area contributed by atoms with E-state index in [0.717, 1.165) is 34.4 Å². The number of fused-ring (bicyclic) bond motifs is 1. The monoisotopic (exact) mass is 424 g/mol. The van der Waals surface area contributed by atoms with Gasteiger partial charge < -0.3 is 19.7 Å². The SMILES string of the molecule is COc1cc(CN2C(=O)[C@@H](NC(C)=O)c3c(C)ccc(C)c32)ccc1OCCC(C)C. The molecule has 0 radical (unpaired) electrons. The van der Waals surface area contributed by atoms with Crippen LogP contribution in [0.4, 0.5) is 5.69 Å². The first-order valence-electron chi connectivity index (χ1n) is 10.7. The molecular weight excluding hydrogens is 392 g/mol. The summed E-state index contributed by atoms with van der Waals surface area (Å²) in [5, 5.41) is 2.82. The largest absolute Gasteiger partial charge is 0.493 e. The maximum Gasteiger partial charge on any atom is 0.254 e. The summed E-state index contributed by atoms with van der Waals surface area (Å²) >= 11 is 0. The number of rotatable bonds is 8. The molecule has 0 bridgehead atoms. The van der Waals surface area contributed by atoms with Gasteiger partial charge in [0, 0.05) is 12.5 Å². The number of nitrogens with zero attached hydrogens (tertiary/aromatic N) is 1. The van der Waals surface area contributed by atoms with Crippen LogP contribution in [-0.2, 0) is 16.1 Å². The van der Waals surface area contributed by atoms with Gasteiger partial charge in [0.2, 0.25) is 5.91 Å². The fraction of sp³-hybridized carbons (Fsp3) is 0.440. The predicted molar refractivity (Wildman–Crippen MR) is 122 cm³/mol. The fourth-order valence-electron chi connectivity index (χ4n) is 3.94. The van der Waals surface area contributed by atoms with Gasteiger partial charge in [0.05, 0.1) is 25.9 Å². The first-order valence-corrected chi connectivity index (χ1v) is 10.7. The second-order valence-electron chi connectivity index (χ2n) is 8.54. The van der Waals surface area contributed by atoms with Crippen LogP contribution in [0.1, 0.15) is 55.5 Å². The Morgan fingerprint density at radius 3 is 2.48 bits per heavy atom. The number of ether oxygens (including phenoxy) is 2. The van der Waals surface area contributed by atoms with Gasteiger partial charge >= 0.3 is 0 Å². The zero-order chi connectivity index (χ0) is 22.7. The molecule has 0 aromatic heterocycles. The highest BCUT2D eigenvalue weighted by Crippen LogP contribution is 2.42. The van der Waals surface area contributed by atoms with Crippen LogP contribution in [0.25, 0.3) is 0 Å². The number of hydrogen-bond acceptors (Lipinski definition) is 4. The molecule has 0 fully saturated rings. The predicted octanol–water partition coefficient (Wildman–Crippen LogP) is 4.46. The average Bonchev–Trinajstić information content (AvgIpc) is 2.98. The third-order valence-corrected chi connectivity index (χ3v) is 5.58. The molecule has 2 aromatic carbocycles. The van der Waals surface area contributed by atoms with E-state index in [2.05, 4.69) is 19.2 Å². The van der Waals surface area contributed by atoms with Gasteiger partial charge in [0.1, 0.15) is 6.04 Å². The van der Waals surface area contributed by atoms with E-state index in [4.69, 9.17) is 9.47 Å². The second-order valence-corrected chi connectivity index (χ2v) is 8.54. The summed E-state index contributed by atoms with van der Waals surface area (Å²) in [4.78, 5) is 26.8. The van der Waals surface area contributed by atoms with Crippen LogP contribution in [0.15, 0.2) is 30.3 Å². The number of benzene rings is 2. The smallest absolute Gasteiger partial charge is 0.254 e. The van der Waals surface area contributed by atoms with Crippen LogP contribution in [0.3, 0.4) is 0 Å². The minimum absolute atomic E-state index is 0.126. The van der Waals surface area contributed by atoms with Crippen LogP contribution in [0.2, 0.25) is 0 Å². The number of nitrogens with one attached hydrogen (secondary N) is 1. The standard InChI is InChI=1S/C25H32N2O4/c1-15(2)11-12-31-20-10-9-19(13-21(20)30-6)14-27-24-17(4)8-7-16(3)22(24)23(25(27)29)26-18(5)28/h7-10,13,15,23H,11-12,14H2,1-6H3,(H,26,28)/t23-/m0/s1. The number of aryl methyl sites for hydroxylation is 2. The van der Waals surface area contributed by atoms with Gasteiger partial charge in [-0.3, -0.25) is 9.59 Å². The van der Waals surface area contributed by atoms with Crippen LogP contribution >= 0.6 is 0 Å². The van der Waals surface area contributed by atoms with Crippen LogP contribution in [0.5, 0.6) is 11.5 Å². The molecule has 2 aromatic rings. The minimum atomic E-state index is -0.659. The molecule has 166 valence electrons. The minimum Gasteiger partial charge on any atom is -0.493 e. The van der Waals surface area contributed by atoms with Crippen molar-refractivity contribution in [2.75, 3.05) is 18.6 Å². The van der Waals surface area contributed by atoms with E-state index >= 15 is 0 Å². The lowest BCUT2D eigenvalue weighted by Crippen LogP contribution is -2.36. The highest BCUT2D eigenvalue weighted by atomic mass is 16.5. The van der Waals surface area contributed by atoms with Gasteiger partial charge in [-0.25, -0.2) is 0 Å². The van der Waals surface area contributed by atoms with E-state index in [1.165, 1.54) is 6.92 Å². The lowest BCUT2D eigenvalue weighted by molar-refractivity contribution is -0.126. The van der Waals surface area contributed by atoms with E-state index in [0.29, 0.717) is 30.6 Å². The molecule has 1 aliphatic heterocycles. The van der Waals surface area contributed by atoms with Gasteiger partial charge in [-0.05, 0) is 55.0 Å². The van der Waals surface area contributed by atoms with Crippen molar-refractivity contribution in [3.8, 4) is 11.5 Å². The Morgan fingerprint density at radius 2 is 1.84 bits per heavy atom. The number of carbonyl (C=O) groups excluding carboxylic acids is 2. The van der Waals surface area contributed by atoms with Crippen molar-refractivity contribution < 1.29 is 19.1 Å². The number of amides is 2. The molecule has 0 aliphatic carbocycles. The van der Waals surface area contributed by atoms with Gasteiger partial charge in [-0.1, -0.05) is 32.0 Å². The normalized spacial score (nSPS) is 15.3. The summed E-state index contributed by atoms with van der Waals surface area (Å²) in [6, 6.07) is 9.10. The summed E-state index contributed by atoms with van der Waals surface area (Å²) in [7, 11) is 1.62. The van der Waals surface area contributed by atoms with Gasteiger partial charge in [0.15, 0.2) is 11.5 Å². The molecule has 6 heteroatoms. The molecule has 0 saturated heterocycles. The highest BCUT2D eigenvalue weighted by Gasteiger charge is 2.40. The number of methoxy groups -OCH3 is 1. The molecule has 6 nitrogen and oxygen atoms in total.